The van der Waals surface area contributed by atoms with Gasteiger partial charge in [-0.05, 0) is 24.7 Å². The fourth-order valence-corrected chi connectivity index (χ4v) is 2.37. The van der Waals surface area contributed by atoms with Gasteiger partial charge >= 0.3 is 0 Å². The predicted octanol–water partition coefficient (Wildman–Crippen LogP) is 1.06. The molecule has 4 nitrogen and oxygen atoms in total. The molecule has 1 aliphatic rings. The molecule has 0 saturated heterocycles. The average molecular weight is 226 g/mol. The molecule has 0 aromatic heterocycles. The lowest BCUT2D eigenvalue weighted by Crippen LogP contribution is -2.38. The Morgan fingerprint density at radius 2 is 1.31 bits per heavy atom. The van der Waals surface area contributed by atoms with Crippen LogP contribution in [0.15, 0.2) is 0 Å². The number of hydrogen-bond acceptors (Lipinski definition) is 2. The molecule has 0 aliphatic heterocycles. The summed E-state index contributed by atoms with van der Waals surface area (Å²) in [7, 11) is 0. The summed E-state index contributed by atoms with van der Waals surface area (Å²) in [4.78, 5) is 21.8. The minimum atomic E-state index is 0.0313. The van der Waals surface area contributed by atoms with Gasteiger partial charge in [0.1, 0.15) is 0 Å². The van der Waals surface area contributed by atoms with Gasteiger partial charge in [-0.2, -0.15) is 0 Å². The number of rotatable bonds is 4. The van der Waals surface area contributed by atoms with Crippen LogP contribution in [-0.2, 0) is 9.59 Å². The van der Waals surface area contributed by atoms with Gasteiger partial charge in [0.05, 0.1) is 0 Å². The van der Waals surface area contributed by atoms with E-state index in [2.05, 4.69) is 10.6 Å². The summed E-state index contributed by atoms with van der Waals surface area (Å²) >= 11 is 0. The van der Waals surface area contributed by atoms with Crippen LogP contribution >= 0.6 is 0 Å². The lowest BCUT2D eigenvalue weighted by atomic mass is 9.79. The highest BCUT2D eigenvalue weighted by molar-refractivity contribution is 5.73. The Bertz CT molecular complexity index is 227. The summed E-state index contributed by atoms with van der Waals surface area (Å²) in [5.41, 5.74) is 0. The highest BCUT2D eigenvalue weighted by Crippen LogP contribution is 2.29. The maximum absolute atomic E-state index is 10.9. The molecular formula is C12H22N2O2. The van der Waals surface area contributed by atoms with Crippen molar-refractivity contribution in [2.24, 2.45) is 11.8 Å². The van der Waals surface area contributed by atoms with E-state index in [4.69, 9.17) is 0 Å². The normalized spacial score (nSPS) is 24.9. The zero-order valence-corrected chi connectivity index (χ0v) is 10.2. The van der Waals surface area contributed by atoms with Gasteiger partial charge < -0.3 is 10.6 Å². The third-order valence-corrected chi connectivity index (χ3v) is 3.29. The highest BCUT2D eigenvalue weighted by Gasteiger charge is 2.25. The first-order valence-electron chi connectivity index (χ1n) is 6.08. The zero-order chi connectivity index (χ0) is 12.0. The molecule has 0 aromatic carbocycles. The quantitative estimate of drug-likeness (QED) is 0.753. The van der Waals surface area contributed by atoms with Gasteiger partial charge in [-0.25, -0.2) is 0 Å². The van der Waals surface area contributed by atoms with E-state index in [1.165, 1.54) is 12.8 Å². The Kier molecular flexibility index (Phi) is 5.29. The van der Waals surface area contributed by atoms with Crippen molar-refractivity contribution in [3.8, 4) is 0 Å². The van der Waals surface area contributed by atoms with E-state index >= 15 is 0 Å². The Hall–Kier alpha value is -1.06. The molecule has 0 heterocycles. The molecule has 1 saturated carbocycles. The SMILES string of the molecule is CC(=O)NC[C@H]1CCCC[C@H]1CNC(C)=O. The molecule has 2 atom stereocenters. The van der Waals surface area contributed by atoms with Gasteiger partial charge in [-0.15, -0.1) is 0 Å². The zero-order valence-electron chi connectivity index (χ0n) is 10.2. The van der Waals surface area contributed by atoms with Crippen LogP contribution in [0.3, 0.4) is 0 Å². The van der Waals surface area contributed by atoms with E-state index in [1.807, 2.05) is 0 Å². The fourth-order valence-electron chi connectivity index (χ4n) is 2.37. The minimum absolute atomic E-state index is 0.0313. The topological polar surface area (TPSA) is 58.2 Å². The minimum Gasteiger partial charge on any atom is -0.356 e. The van der Waals surface area contributed by atoms with Crippen LogP contribution in [0.1, 0.15) is 39.5 Å². The lowest BCUT2D eigenvalue weighted by molar-refractivity contribution is -0.120. The van der Waals surface area contributed by atoms with Crippen molar-refractivity contribution in [2.45, 2.75) is 39.5 Å². The summed E-state index contributed by atoms with van der Waals surface area (Å²) < 4.78 is 0. The van der Waals surface area contributed by atoms with Crippen molar-refractivity contribution >= 4 is 11.8 Å². The molecule has 0 spiro atoms. The largest absolute Gasteiger partial charge is 0.356 e. The highest BCUT2D eigenvalue weighted by atomic mass is 16.2. The maximum Gasteiger partial charge on any atom is 0.216 e. The van der Waals surface area contributed by atoms with Crippen LogP contribution in [0.2, 0.25) is 0 Å². The molecule has 1 aliphatic carbocycles. The third kappa shape index (κ3) is 4.64. The van der Waals surface area contributed by atoms with E-state index in [0.29, 0.717) is 11.8 Å². The van der Waals surface area contributed by atoms with E-state index in [1.54, 1.807) is 13.8 Å². The van der Waals surface area contributed by atoms with Gasteiger partial charge in [0.15, 0.2) is 0 Å². The van der Waals surface area contributed by atoms with Gasteiger partial charge in [0.25, 0.3) is 0 Å². The van der Waals surface area contributed by atoms with E-state index in [0.717, 1.165) is 25.9 Å². The molecule has 16 heavy (non-hydrogen) atoms. The van der Waals surface area contributed by atoms with Crippen molar-refractivity contribution in [3.63, 3.8) is 0 Å². The second kappa shape index (κ2) is 6.51. The van der Waals surface area contributed by atoms with Crippen molar-refractivity contribution in [3.05, 3.63) is 0 Å². The maximum atomic E-state index is 10.9. The Morgan fingerprint density at radius 3 is 1.62 bits per heavy atom. The van der Waals surface area contributed by atoms with Crippen LogP contribution in [0.4, 0.5) is 0 Å². The first-order chi connectivity index (χ1) is 7.59. The number of nitrogens with one attached hydrogen (secondary N) is 2. The fraction of sp³-hybridized carbons (Fsp3) is 0.833. The number of carbonyl (C=O) groups excluding carboxylic acids is 2. The molecule has 0 aromatic rings. The molecule has 1 fully saturated rings. The van der Waals surface area contributed by atoms with Crippen molar-refractivity contribution in [1.29, 1.82) is 0 Å². The second-order valence-electron chi connectivity index (χ2n) is 4.68. The number of carbonyl (C=O) groups is 2. The molecular weight excluding hydrogens is 204 g/mol. The van der Waals surface area contributed by atoms with Crippen LogP contribution < -0.4 is 10.6 Å². The number of amides is 2. The van der Waals surface area contributed by atoms with E-state index in [9.17, 15) is 9.59 Å². The summed E-state index contributed by atoms with van der Waals surface area (Å²) in [6.07, 6.45) is 4.79. The molecule has 4 heteroatoms. The number of hydrogen-bond donors (Lipinski definition) is 2. The van der Waals surface area contributed by atoms with Gasteiger partial charge in [0, 0.05) is 26.9 Å². The average Bonchev–Trinajstić information content (AvgIpc) is 2.24. The molecule has 1 rings (SSSR count). The Balaban J connectivity index is 2.37. The molecule has 0 bridgehead atoms. The monoisotopic (exact) mass is 226 g/mol. The van der Waals surface area contributed by atoms with Gasteiger partial charge in [-0.3, -0.25) is 9.59 Å². The summed E-state index contributed by atoms with van der Waals surface area (Å²) in [5.74, 6) is 1.10. The van der Waals surface area contributed by atoms with Gasteiger partial charge in [0.2, 0.25) is 11.8 Å². The van der Waals surface area contributed by atoms with Crippen molar-refractivity contribution in [2.75, 3.05) is 13.1 Å². The van der Waals surface area contributed by atoms with Crippen LogP contribution in [-0.4, -0.2) is 24.9 Å². The van der Waals surface area contributed by atoms with Crippen LogP contribution in [0.5, 0.6) is 0 Å². The molecule has 2 amide bonds. The molecule has 0 unspecified atom stereocenters. The van der Waals surface area contributed by atoms with Crippen LogP contribution in [0, 0.1) is 11.8 Å². The van der Waals surface area contributed by atoms with Crippen molar-refractivity contribution < 1.29 is 9.59 Å². The molecule has 0 radical (unpaired) electrons. The predicted molar refractivity (Wildman–Crippen MR) is 62.8 cm³/mol. The van der Waals surface area contributed by atoms with E-state index < -0.39 is 0 Å². The summed E-state index contributed by atoms with van der Waals surface area (Å²) in [6.45, 7) is 4.59. The first-order valence-corrected chi connectivity index (χ1v) is 6.08. The summed E-state index contributed by atoms with van der Waals surface area (Å²) in [5, 5.41) is 5.76. The smallest absolute Gasteiger partial charge is 0.216 e. The van der Waals surface area contributed by atoms with Crippen LogP contribution in [0.25, 0.3) is 0 Å². The van der Waals surface area contributed by atoms with Crippen molar-refractivity contribution in [1.82, 2.24) is 10.6 Å². The Labute approximate surface area is 97.2 Å². The first kappa shape index (κ1) is 13.0. The van der Waals surface area contributed by atoms with E-state index in [-0.39, 0.29) is 11.8 Å². The van der Waals surface area contributed by atoms with Gasteiger partial charge in [-0.1, -0.05) is 12.8 Å². The third-order valence-electron chi connectivity index (χ3n) is 3.29. The Morgan fingerprint density at radius 1 is 0.938 bits per heavy atom. The lowest BCUT2D eigenvalue weighted by Gasteiger charge is -2.31. The molecule has 92 valence electrons. The summed E-state index contributed by atoms with van der Waals surface area (Å²) in [6, 6.07) is 0. The standard InChI is InChI=1S/C12H22N2O2/c1-9(15)13-7-11-5-3-4-6-12(11)8-14-10(2)16/h11-12H,3-8H2,1-2H3,(H,13,15)(H,14,16)/t11-,12+. The molecule has 2 N–H and O–H groups in total. The second-order valence-corrected chi connectivity index (χ2v) is 4.68.